The summed E-state index contributed by atoms with van der Waals surface area (Å²) < 4.78 is 84.9. The van der Waals surface area contributed by atoms with Crippen LogP contribution in [0.15, 0.2) is 168 Å². The Morgan fingerprint density at radius 2 is 1.00 bits per heavy atom. The van der Waals surface area contributed by atoms with E-state index in [1.807, 2.05) is 48.5 Å². The van der Waals surface area contributed by atoms with Gasteiger partial charge >= 0.3 is 0 Å². The summed E-state index contributed by atoms with van der Waals surface area (Å²) in [4.78, 5) is 14.0. The molecule has 0 saturated carbocycles. The fourth-order valence-electron chi connectivity index (χ4n) is 6.66. The molecule has 0 saturated heterocycles. The van der Waals surface area contributed by atoms with Crippen molar-refractivity contribution in [3.05, 3.63) is 164 Å². The van der Waals surface area contributed by atoms with E-state index in [0.717, 1.165) is 32.3 Å². The zero-order valence-corrected chi connectivity index (χ0v) is 25.6. The van der Waals surface area contributed by atoms with Crippen LogP contribution in [0, 0.1) is 0 Å². The summed E-state index contributed by atoms with van der Waals surface area (Å²) in [5.74, 6) is -0.156. The number of hydrogen-bond acceptors (Lipinski definition) is 4. The standard InChI is InChI=1S/C45H27N3O/c1-3-12-28(13-4-1)43-46-44(29-14-5-2-6-15-29)48-45(47-43)37-20-11-21-41-42(37)39-27-31(23-25-40(39)49-41)30-22-24-36-34-18-8-7-16-32(34)33-17-9-10-19-35(33)38(36)26-30/h1-27H/i1D,3D,4D,12D,13D,20D,21D,23D,25D. The molecule has 8 aromatic carbocycles. The number of aromatic nitrogens is 3. The van der Waals surface area contributed by atoms with Gasteiger partial charge in [-0.1, -0.05) is 139 Å². The van der Waals surface area contributed by atoms with E-state index in [9.17, 15) is 4.11 Å². The van der Waals surface area contributed by atoms with E-state index in [1.165, 1.54) is 6.07 Å². The lowest BCUT2D eigenvalue weighted by Crippen LogP contribution is -2.00. The Morgan fingerprint density at radius 1 is 0.388 bits per heavy atom. The molecule has 10 rings (SSSR count). The van der Waals surface area contributed by atoms with Crippen molar-refractivity contribution in [2.45, 2.75) is 0 Å². The maximum atomic E-state index is 9.22. The second-order valence-corrected chi connectivity index (χ2v) is 11.7. The summed E-state index contributed by atoms with van der Waals surface area (Å²) in [6.07, 6.45) is 0. The second kappa shape index (κ2) is 11.0. The van der Waals surface area contributed by atoms with Crippen molar-refractivity contribution in [2.24, 2.45) is 0 Å². The Labute approximate surface area is 294 Å². The molecule has 0 aliphatic rings. The molecule has 228 valence electrons. The molecule has 49 heavy (non-hydrogen) atoms. The van der Waals surface area contributed by atoms with Crippen LogP contribution < -0.4 is 0 Å². The summed E-state index contributed by atoms with van der Waals surface area (Å²) in [5.41, 5.74) is 1.65. The summed E-state index contributed by atoms with van der Waals surface area (Å²) in [5, 5.41) is 7.02. The van der Waals surface area contributed by atoms with Crippen LogP contribution in [0.3, 0.4) is 0 Å². The minimum atomic E-state index is -0.564. The molecule has 0 radical (unpaired) electrons. The molecule has 0 amide bonds. The van der Waals surface area contributed by atoms with Gasteiger partial charge in [-0.05, 0) is 67.7 Å². The minimum Gasteiger partial charge on any atom is -0.456 e. The lowest BCUT2D eigenvalue weighted by atomic mass is 9.92. The van der Waals surface area contributed by atoms with E-state index in [4.69, 9.17) is 17.6 Å². The van der Waals surface area contributed by atoms with Crippen LogP contribution in [0.2, 0.25) is 0 Å². The molecular weight excluding hydrogens is 599 g/mol. The van der Waals surface area contributed by atoms with E-state index >= 15 is 0 Å². The smallest absolute Gasteiger partial charge is 0.164 e. The van der Waals surface area contributed by atoms with Gasteiger partial charge in [0.25, 0.3) is 0 Å². The highest BCUT2D eigenvalue weighted by molar-refractivity contribution is 6.25. The normalized spacial score (nSPS) is 14.2. The van der Waals surface area contributed by atoms with Crippen molar-refractivity contribution in [3.8, 4) is 45.3 Å². The molecule has 0 spiro atoms. The summed E-state index contributed by atoms with van der Waals surface area (Å²) in [6, 6.07) is 31.1. The number of benzene rings is 8. The molecule has 0 bridgehead atoms. The minimum absolute atomic E-state index is 0.0458. The summed E-state index contributed by atoms with van der Waals surface area (Å²) in [6.45, 7) is 0. The van der Waals surface area contributed by atoms with Crippen molar-refractivity contribution < 1.29 is 16.8 Å². The third kappa shape index (κ3) is 4.49. The van der Waals surface area contributed by atoms with Crippen LogP contribution in [-0.2, 0) is 0 Å². The summed E-state index contributed by atoms with van der Waals surface area (Å²) >= 11 is 0. The maximum Gasteiger partial charge on any atom is 0.164 e. The monoisotopic (exact) mass is 634 g/mol. The average Bonchev–Trinajstić information content (AvgIpc) is 3.63. The van der Waals surface area contributed by atoms with Gasteiger partial charge in [-0.3, -0.25) is 0 Å². The zero-order valence-electron chi connectivity index (χ0n) is 34.6. The van der Waals surface area contributed by atoms with E-state index in [-0.39, 0.29) is 69.3 Å². The van der Waals surface area contributed by atoms with Gasteiger partial charge in [0.05, 0.1) is 12.3 Å². The molecule has 0 aliphatic carbocycles. The number of fused-ring (bicyclic) bond motifs is 9. The van der Waals surface area contributed by atoms with Crippen molar-refractivity contribution in [2.75, 3.05) is 0 Å². The third-order valence-corrected chi connectivity index (χ3v) is 8.88. The van der Waals surface area contributed by atoms with E-state index in [2.05, 4.69) is 34.2 Å². The molecule has 0 fully saturated rings. The first-order valence-electron chi connectivity index (χ1n) is 20.2. The SMILES string of the molecule is [2H]c1cc([2H])c2oc3c([2H])c([2H])c(-c4ccc5c6ccccc6c6ccccc6c5c4)cc3c2c1-c1nc(-c2ccccc2)nc(-c2c([2H])c([2H])c([2H])c([2H])c2[2H])n1. The van der Waals surface area contributed by atoms with Gasteiger partial charge in [0.2, 0.25) is 0 Å². The molecule has 2 heterocycles. The first-order chi connectivity index (χ1) is 28.0. The van der Waals surface area contributed by atoms with E-state index in [1.54, 1.807) is 30.3 Å². The first-order valence-corrected chi connectivity index (χ1v) is 15.7. The van der Waals surface area contributed by atoms with Gasteiger partial charge in [-0.25, -0.2) is 15.0 Å². The lowest BCUT2D eigenvalue weighted by molar-refractivity contribution is 0.669. The number of hydrogen-bond donors (Lipinski definition) is 0. The average molecular weight is 635 g/mol. The van der Waals surface area contributed by atoms with Crippen molar-refractivity contribution in [1.82, 2.24) is 15.0 Å². The number of nitrogens with zero attached hydrogens (tertiary/aromatic N) is 3. The van der Waals surface area contributed by atoms with E-state index < -0.39 is 30.2 Å². The lowest BCUT2D eigenvalue weighted by Gasteiger charge is -2.12. The van der Waals surface area contributed by atoms with Crippen LogP contribution in [0.5, 0.6) is 0 Å². The predicted molar refractivity (Wildman–Crippen MR) is 201 cm³/mol. The van der Waals surface area contributed by atoms with Gasteiger partial charge in [0.15, 0.2) is 17.5 Å². The summed E-state index contributed by atoms with van der Waals surface area (Å²) in [7, 11) is 0. The third-order valence-electron chi connectivity index (χ3n) is 8.88. The first kappa shape index (κ1) is 19.9. The van der Waals surface area contributed by atoms with E-state index in [0.29, 0.717) is 22.1 Å². The molecule has 10 aromatic rings. The molecule has 4 nitrogen and oxygen atoms in total. The fourth-order valence-corrected chi connectivity index (χ4v) is 6.66. The van der Waals surface area contributed by atoms with Crippen molar-refractivity contribution >= 4 is 54.3 Å². The van der Waals surface area contributed by atoms with Gasteiger partial charge in [-0.2, -0.15) is 0 Å². The van der Waals surface area contributed by atoms with Gasteiger partial charge < -0.3 is 4.42 Å². The fraction of sp³-hybridized carbons (Fsp3) is 0. The molecule has 0 N–H and O–H groups in total. The van der Waals surface area contributed by atoms with Crippen molar-refractivity contribution in [3.63, 3.8) is 0 Å². The Hall–Kier alpha value is -6.65. The quantitative estimate of drug-likeness (QED) is 0.181. The highest BCUT2D eigenvalue weighted by atomic mass is 16.3. The molecule has 2 aromatic heterocycles. The van der Waals surface area contributed by atoms with Crippen LogP contribution in [-0.4, -0.2) is 15.0 Å². The highest BCUT2D eigenvalue weighted by Gasteiger charge is 2.18. The Balaban J connectivity index is 1.27. The predicted octanol–water partition coefficient (Wildman–Crippen LogP) is 11.9. The zero-order chi connectivity index (χ0) is 40.1. The Morgan fingerprint density at radius 3 is 1.73 bits per heavy atom. The molecule has 0 atom stereocenters. The molecule has 0 unspecified atom stereocenters. The molecule has 4 heteroatoms. The maximum absolute atomic E-state index is 9.22. The number of furan rings is 1. The van der Waals surface area contributed by atoms with Crippen LogP contribution in [0.4, 0.5) is 0 Å². The van der Waals surface area contributed by atoms with Gasteiger partial charge in [0.1, 0.15) is 11.2 Å². The van der Waals surface area contributed by atoms with Crippen LogP contribution >= 0.6 is 0 Å². The van der Waals surface area contributed by atoms with Crippen molar-refractivity contribution in [1.29, 1.82) is 0 Å². The highest BCUT2D eigenvalue weighted by Crippen LogP contribution is 2.40. The largest absolute Gasteiger partial charge is 0.456 e. The van der Waals surface area contributed by atoms with Gasteiger partial charge in [-0.15, -0.1) is 0 Å². The molecule has 0 aliphatic heterocycles. The van der Waals surface area contributed by atoms with Crippen LogP contribution in [0.25, 0.3) is 99.5 Å². The number of rotatable bonds is 4. The topological polar surface area (TPSA) is 51.8 Å². The van der Waals surface area contributed by atoms with Gasteiger partial charge in [0, 0.05) is 27.5 Å². The van der Waals surface area contributed by atoms with Crippen LogP contribution in [0.1, 0.15) is 12.3 Å². The Bertz CT molecular complexity index is 3340. The Kier molecular flexibility index (Phi) is 4.45. The molecular formula is C45H27N3O. The second-order valence-electron chi connectivity index (χ2n) is 11.7.